The molecule has 1 aliphatic carbocycles. The van der Waals surface area contributed by atoms with Crippen LogP contribution in [-0.2, 0) is 6.61 Å². The molecule has 0 bridgehead atoms. The highest BCUT2D eigenvalue weighted by atomic mass is 16.5. The summed E-state index contributed by atoms with van der Waals surface area (Å²) in [5.41, 5.74) is 7.63. The summed E-state index contributed by atoms with van der Waals surface area (Å²) in [6.07, 6.45) is 5.53. The molecule has 0 saturated carbocycles. The van der Waals surface area contributed by atoms with Gasteiger partial charge in [0.25, 0.3) is 5.91 Å². The minimum Gasteiger partial charge on any atom is -0.489 e. The Balaban J connectivity index is 1.14. The monoisotopic (exact) mass is 563 g/mol. The number of hydrogen-bond acceptors (Lipinski definition) is 4. The fourth-order valence-corrected chi connectivity index (χ4v) is 6.25. The molecule has 0 radical (unpaired) electrons. The SMILES string of the molecule is O=C(Nc1ccc(Nc2ccccc2)cc1)c1cccc2c1NC(c1ccccc1OCc1ccccc1)C1CC=CC21. The van der Waals surface area contributed by atoms with Crippen molar-refractivity contribution in [1.29, 1.82) is 0 Å². The molecule has 7 rings (SSSR count). The van der Waals surface area contributed by atoms with Gasteiger partial charge in [-0.1, -0.05) is 91.0 Å². The molecule has 1 amide bonds. The number of rotatable bonds is 8. The third-order valence-electron chi connectivity index (χ3n) is 8.34. The van der Waals surface area contributed by atoms with Crippen LogP contribution in [-0.4, -0.2) is 5.91 Å². The third-order valence-corrected chi connectivity index (χ3v) is 8.34. The number of anilines is 4. The maximum atomic E-state index is 13.7. The molecule has 0 spiro atoms. The largest absolute Gasteiger partial charge is 0.489 e. The van der Waals surface area contributed by atoms with Gasteiger partial charge < -0.3 is 20.7 Å². The van der Waals surface area contributed by atoms with Gasteiger partial charge in [0.15, 0.2) is 0 Å². The lowest BCUT2D eigenvalue weighted by molar-refractivity contribution is 0.102. The molecule has 1 heterocycles. The van der Waals surface area contributed by atoms with E-state index in [1.807, 2.05) is 97.1 Å². The Morgan fingerprint density at radius 2 is 1.40 bits per heavy atom. The van der Waals surface area contributed by atoms with Crippen molar-refractivity contribution in [3.05, 3.63) is 162 Å². The molecule has 43 heavy (non-hydrogen) atoms. The van der Waals surface area contributed by atoms with E-state index in [0.717, 1.165) is 51.6 Å². The van der Waals surface area contributed by atoms with Gasteiger partial charge in [-0.2, -0.15) is 0 Å². The third kappa shape index (κ3) is 5.62. The number of hydrogen-bond donors (Lipinski definition) is 3. The molecule has 5 aromatic carbocycles. The normalized spacial score (nSPS) is 18.2. The first kappa shape index (κ1) is 26.6. The molecule has 0 aromatic heterocycles. The van der Waals surface area contributed by atoms with E-state index in [2.05, 4.69) is 58.4 Å². The second-order valence-corrected chi connectivity index (χ2v) is 11.1. The molecule has 0 fully saturated rings. The van der Waals surface area contributed by atoms with Gasteiger partial charge >= 0.3 is 0 Å². The van der Waals surface area contributed by atoms with E-state index in [1.165, 1.54) is 0 Å². The van der Waals surface area contributed by atoms with Gasteiger partial charge in [-0.05, 0) is 72.0 Å². The number of para-hydroxylation sites is 3. The average Bonchev–Trinajstić information content (AvgIpc) is 3.56. The summed E-state index contributed by atoms with van der Waals surface area (Å²) in [4.78, 5) is 13.7. The molecular formula is C38H33N3O2. The predicted molar refractivity (Wildman–Crippen MR) is 174 cm³/mol. The lowest BCUT2D eigenvalue weighted by Crippen LogP contribution is -2.31. The number of benzene rings is 5. The number of carbonyl (C=O) groups is 1. The highest BCUT2D eigenvalue weighted by Crippen LogP contribution is 2.52. The van der Waals surface area contributed by atoms with E-state index < -0.39 is 0 Å². The van der Waals surface area contributed by atoms with Gasteiger partial charge in [0.1, 0.15) is 12.4 Å². The Hall–Kier alpha value is -5.29. The molecule has 0 saturated heterocycles. The van der Waals surface area contributed by atoms with Crippen molar-refractivity contribution < 1.29 is 9.53 Å². The number of nitrogens with one attached hydrogen (secondary N) is 3. The molecular weight excluding hydrogens is 530 g/mol. The molecule has 3 atom stereocenters. The van der Waals surface area contributed by atoms with Crippen LogP contribution in [0.15, 0.2) is 140 Å². The van der Waals surface area contributed by atoms with Crippen LogP contribution < -0.4 is 20.7 Å². The number of amides is 1. The fraction of sp³-hybridized carbons (Fsp3) is 0.132. The second-order valence-electron chi connectivity index (χ2n) is 11.1. The minimum absolute atomic E-state index is 0.00299. The highest BCUT2D eigenvalue weighted by molar-refractivity contribution is 6.08. The lowest BCUT2D eigenvalue weighted by Gasteiger charge is -2.38. The Morgan fingerprint density at radius 1 is 0.721 bits per heavy atom. The molecule has 3 unspecified atom stereocenters. The van der Waals surface area contributed by atoms with Crippen molar-refractivity contribution >= 4 is 28.7 Å². The van der Waals surface area contributed by atoms with E-state index in [1.54, 1.807) is 0 Å². The van der Waals surface area contributed by atoms with E-state index in [-0.39, 0.29) is 17.9 Å². The van der Waals surface area contributed by atoms with Crippen LogP contribution in [0.1, 0.15) is 45.4 Å². The van der Waals surface area contributed by atoms with Crippen molar-refractivity contribution in [1.82, 2.24) is 0 Å². The zero-order valence-corrected chi connectivity index (χ0v) is 23.7. The predicted octanol–water partition coefficient (Wildman–Crippen LogP) is 9.09. The van der Waals surface area contributed by atoms with Gasteiger partial charge in [0.05, 0.1) is 17.3 Å². The first-order chi connectivity index (χ1) is 21.2. The molecule has 212 valence electrons. The van der Waals surface area contributed by atoms with Gasteiger partial charge in [-0.25, -0.2) is 0 Å². The molecule has 5 nitrogen and oxygen atoms in total. The molecule has 5 heteroatoms. The summed E-state index contributed by atoms with van der Waals surface area (Å²) >= 11 is 0. The van der Waals surface area contributed by atoms with E-state index in [9.17, 15) is 4.79 Å². The number of carbonyl (C=O) groups excluding carboxylic acids is 1. The molecule has 3 N–H and O–H groups in total. The van der Waals surface area contributed by atoms with E-state index in [0.29, 0.717) is 18.1 Å². The summed E-state index contributed by atoms with van der Waals surface area (Å²) < 4.78 is 6.37. The van der Waals surface area contributed by atoms with Crippen molar-refractivity contribution in [2.24, 2.45) is 5.92 Å². The van der Waals surface area contributed by atoms with Crippen LogP contribution in [0.25, 0.3) is 0 Å². The Kier molecular flexibility index (Phi) is 7.36. The van der Waals surface area contributed by atoms with Crippen molar-refractivity contribution in [2.75, 3.05) is 16.0 Å². The zero-order chi connectivity index (χ0) is 29.0. The number of fused-ring (bicyclic) bond motifs is 3. The summed E-state index contributed by atoms with van der Waals surface area (Å²) in [6.45, 7) is 0.501. The first-order valence-corrected chi connectivity index (χ1v) is 14.8. The van der Waals surface area contributed by atoms with Crippen LogP contribution in [0.5, 0.6) is 5.75 Å². The Labute approximate surface area is 252 Å². The van der Waals surface area contributed by atoms with Gasteiger partial charge in [-0.15, -0.1) is 0 Å². The van der Waals surface area contributed by atoms with Crippen molar-refractivity contribution in [2.45, 2.75) is 25.0 Å². The van der Waals surface area contributed by atoms with Crippen LogP contribution in [0.2, 0.25) is 0 Å². The van der Waals surface area contributed by atoms with Crippen LogP contribution in [0.4, 0.5) is 22.7 Å². The summed E-state index contributed by atoms with van der Waals surface area (Å²) in [6, 6.07) is 42.3. The van der Waals surface area contributed by atoms with Gasteiger partial charge in [0, 0.05) is 28.5 Å². The number of allylic oxidation sites excluding steroid dienone is 2. The maximum absolute atomic E-state index is 13.7. The summed E-state index contributed by atoms with van der Waals surface area (Å²) in [5, 5.41) is 10.3. The zero-order valence-electron chi connectivity index (χ0n) is 23.7. The Bertz CT molecular complexity index is 1750. The van der Waals surface area contributed by atoms with Gasteiger partial charge in [0.2, 0.25) is 0 Å². The maximum Gasteiger partial charge on any atom is 0.257 e. The fourth-order valence-electron chi connectivity index (χ4n) is 6.25. The Morgan fingerprint density at radius 3 is 2.21 bits per heavy atom. The standard InChI is InChI=1S/C38H33N3O2/c42-38(40-29-23-21-28(22-24-29)39-27-13-5-2-6-14-27)34-19-10-18-32-30-16-9-17-31(30)36(41-37(32)34)33-15-7-8-20-35(33)43-25-26-11-3-1-4-12-26/h1-16,18-24,30-31,36,39,41H,17,25H2,(H,40,42). The minimum atomic E-state index is -0.138. The van der Waals surface area contributed by atoms with E-state index >= 15 is 0 Å². The number of ether oxygens (including phenoxy) is 1. The van der Waals surface area contributed by atoms with Crippen LogP contribution >= 0.6 is 0 Å². The smallest absolute Gasteiger partial charge is 0.257 e. The van der Waals surface area contributed by atoms with Crippen molar-refractivity contribution in [3.8, 4) is 5.75 Å². The van der Waals surface area contributed by atoms with Crippen LogP contribution in [0, 0.1) is 5.92 Å². The second kappa shape index (κ2) is 11.9. The average molecular weight is 564 g/mol. The molecule has 5 aromatic rings. The van der Waals surface area contributed by atoms with Gasteiger partial charge in [-0.3, -0.25) is 4.79 Å². The van der Waals surface area contributed by atoms with Crippen LogP contribution in [0.3, 0.4) is 0 Å². The quantitative estimate of drug-likeness (QED) is 0.165. The first-order valence-electron chi connectivity index (χ1n) is 14.8. The summed E-state index contributed by atoms with van der Waals surface area (Å²) in [7, 11) is 0. The van der Waals surface area contributed by atoms with Crippen molar-refractivity contribution in [3.63, 3.8) is 0 Å². The summed E-state index contributed by atoms with van der Waals surface area (Å²) in [5.74, 6) is 1.28. The lowest BCUT2D eigenvalue weighted by atomic mass is 9.76. The molecule has 1 aliphatic heterocycles. The van der Waals surface area contributed by atoms with E-state index in [4.69, 9.17) is 4.74 Å². The topological polar surface area (TPSA) is 62.4 Å². The highest BCUT2D eigenvalue weighted by Gasteiger charge is 2.40. The molecule has 2 aliphatic rings.